The summed E-state index contributed by atoms with van der Waals surface area (Å²) in [5.41, 5.74) is 2.13. The molecular formula is C21H29Cl2N3O2. The summed E-state index contributed by atoms with van der Waals surface area (Å²) in [7, 11) is 0. The Labute approximate surface area is 177 Å². The van der Waals surface area contributed by atoms with Crippen molar-refractivity contribution in [2.24, 2.45) is 11.8 Å². The third-order valence-corrected chi connectivity index (χ3v) is 6.28. The van der Waals surface area contributed by atoms with E-state index in [9.17, 15) is 9.59 Å². The average Bonchev–Trinajstić information content (AvgIpc) is 2.68. The normalized spacial score (nSPS) is 19.2. The number of halogens is 2. The highest BCUT2D eigenvalue weighted by Gasteiger charge is 2.27. The largest absolute Gasteiger partial charge is 0.371 e. The highest BCUT2D eigenvalue weighted by molar-refractivity contribution is 6.54. The maximum absolute atomic E-state index is 13.3. The van der Waals surface area contributed by atoms with Gasteiger partial charge >= 0.3 is 0 Å². The Bertz CT molecular complexity index is 710. The van der Waals surface area contributed by atoms with Crippen LogP contribution in [0, 0.1) is 11.8 Å². The van der Waals surface area contributed by atoms with Gasteiger partial charge in [-0.2, -0.15) is 0 Å². The minimum atomic E-state index is -1.15. The van der Waals surface area contributed by atoms with E-state index >= 15 is 0 Å². The second-order valence-electron chi connectivity index (χ2n) is 8.17. The molecule has 28 heavy (non-hydrogen) atoms. The van der Waals surface area contributed by atoms with E-state index in [0.29, 0.717) is 23.1 Å². The standard InChI is InChI=1S/C21H29Cl2N3O2/c1-14-5-9-25(10-6-14)18-4-3-16(24-20(27)19(22)23)13-17(18)21(28)26-11-7-15(2)8-12-26/h3-4,13-15,19H,5-12H2,1-2H3,(H,24,27). The monoisotopic (exact) mass is 425 g/mol. The van der Waals surface area contributed by atoms with Crippen LogP contribution >= 0.6 is 23.2 Å². The lowest BCUT2D eigenvalue weighted by atomic mass is 9.96. The fourth-order valence-corrected chi connectivity index (χ4v) is 4.00. The molecule has 5 nitrogen and oxygen atoms in total. The number of carbonyl (C=O) groups excluding carboxylic acids is 2. The van der Waals surface area contributed by atoms with Crippen molar-refractivity contribution in [3.8, 4) is 0 Å². The van der Waals surface area contributed by atoms with E-state index in [4.69, 9.17) is 23.2 Å². The number of piperidine rings is 2. The van der Waals surface area contributed by atoms with E-state index in [0.717, 1.165) is 57.5 Å². The highest BCUT2D eigenvalue weighted by Crippen LogP contribution is 2.31. The number of anilines is 2. The summed E-state index contributed by atoms with van der Waals surface area (Å²) in [6.07, 6.45) is 4.29. The number of hydrogen-bond donors (Lipinski definition) is 1. The quantitative estimate of drug-likeness (QED) is 0.720. The predicted molar refractivity (Wildman–Crippen MR) is 115 cm³/mol. The molecule has 3 rings (SSSR count). The van der Waals surface area contributed by atoms with Crippen LogP contribution in [0.2, 0.25) is 0 Å². The predicted octanol–water partition coefficient (Wildman–Crippen LogP) is 4.54. The second kappa shape index (κ2) is 9.36. The van der Waals surface area contributed by atoms with Gasteiger partial charge in [0, 0.05) is 37.6 Å². The van der Waals surface area contributed by atoms with Gasteiger partial charge in [-0.15, -0.1) is 0 Å². The van der Waals surface area contributed by atoms with Crippen molar-refractivity contribution in [2.45, 2.75) is 44.4 Å². The van der Waals surface area contributed by atoms with Crippen molar-refractivity contribution < 1.29 is 9.59 Å². The van der Waals surface area contributed by atoms with Gasteiger partial charge in [0.2, 0.25) is 0 Å². The van der Waals surface area contributed by atoms with Gasteiger partial charge in [-0.1, -0.05) is 37.0 Å². The van der Waals surface area contributed by atoms with Gasteiger partial charge in [0.15, 0.2) is 4.84 Å². The van der Waals surface area contributed by atoms with Gasteiger partial charge in [-0.3, -0.25) is 9.59 Å². The third-order valence-electron chi connectivity index (χ3n) is 5.89. The summed E-state index contributed by atoms with van der Waals surface area (Å²) < 4.78 is 0. The van der Waals surface area contributed by atoms with Crippen molar-refractivity contribution in [3.63, 3.8) is 0 Å². The number of benzene rings is 1. The van der Waals surface area contributed by atoms with Crippen molar-refractivity contribution in [1.29, 1.82) is 0 Å². The van der Waals surface area contributed by atoms with Crippen molar-refractivity contribution in [1.82, 2.24) is 4.90 Å². The lowest BCUT2D eigenvalue weighted by Gasteiger charge is -2.35. The number of likely N-dealkylation sites (tertiary alicyclic amines) is 1. The van der Waals surface area contributed by atoms with Gasteiger partial charge in [0.25, 0.3) is 11.8 Å². The summed E-state index contributed by atoms with van der Waals surface area (Å²) >= 11 is 11.3. The molecule has 2 amide bonds. The first-order chi connectivity index (χ1) is 13.3. The van der Waals surface area contributed by atoms with Crippen molar-refractivity contribution >= 4 is 46.4 Å². The van der Waals surface area contributed by atoms with Crippen LogP contribution in [-0.4, -0.2) is 47.7 Å². The molecule has 2 aliphatic heterocycles. The number of carbonyl (C=O) groups is 2. The summed E-state index contributed by atoms with van der Waals surface area (Å²) in [4.78, 5) is 28.3. The highest BCUT2D eigenvalue weighted by atomic mass is 35.5. The van der Waals surface area contributed by atoms with Crippen LogP contribution < -0.4 is 10.2 Å². The number of alkyl halides is 2. The van der Waals surface area contributed by atoms with E-state index in [1.54, 1.807) is 6.07 Å². The molecule has 2 saturated heterocycles. The fourth-order valence-electron chi connectivity index (χ4n) is 3.89. The Morgan fingerprint density at radius 2 is 1.57 bits per heavy atom. The van der Waals surface area contributed by atoms with Crippen molar-refractivity contribution in [3.05, 3.63) is 23.8 Å². The molecule has 154 valence electrons. The molecule has 1 N–H and O–H groups in total. The average molecular weight is 426 g/mol. The molecule has 0 bridgehead atoms. The SMILES string of the molecule is CC1CCN(C(=O)c2cc(NC(=O)C(Cl)Cl)ccc2N2CCC(C)CC2)CC1. The smallest absolute Gasteiger partial charge is 0.257 e. The minimum Gasteiger partial charge on any atom is -0.371 e. The molecule has 0 radical (unpaired) electrons. The van der Waals surface area contributed by atoms with Gasteiger partial charge in [0.05, 0.1) is 5.56 Å². The molecule has 2 heterocycles. The molecule has 0 aliphatic carbocycles. The summed E-state index contributed by atoms with van der Waals surface area (Å²) in [6.45, 7) is 7.93. The van der Waals surface area contributed by atoms with E-state index in [2.05, 4.69) is 24.1 Å². The Morgan fingerprint density at radius 1 is 1.00 bits per heavy atom. The van der Waals surface area contributed by atoms with Crippen LogP contribution in [0.25, 0.3) is 0 Å². The van der Waals surface area contributed by atoms with E-state index in [1.807, 2.05) is 17.0 Å². The van der Waals surface area contributed by atoms with Crippen LogP contribution in [-0.2, 0) is 4.79 Å². The summed E-state index contributed by atoms with van der Waals surface area (Å²) in [5, 5.41) is 2.69. The maximum Gasteiger partial charge on any atom is 0.257 e. The van der Waals surface area contributed by atoms with Gasteiger partial charge in [-0.25, -0.2) is 0 Å². The third kappa shape index (κ3) is 5.12. The number of hydrogen-bond acceptors (Lipinski definition) is 3. The van der Waals surface area contributed by atoms with Crippen molar-refractivity contribution in [2.75, 3.05) is 36.4 Å². The summed E-state index contributed by atoms with van der Waals surface area (Å²) in [5.74, 6) is 0.905. The van der Waals surface area contributed by atoms with E-state index in [-0.39, 0.29) is 5.91 Å². The molecule has 0 saturated carbocycles. The van der Waals surface area contributed by atoms with Gasteiger partial charge in [-0.05, 0) is 55.7 Å². The first-order valence-corrected chi connectivity index (χ1v) is 11.0. The van der Waals surface area contributed by atoms with E-state index in [1.165, 1.54) is 0 Å². The number of nitrogens with zero attached hydrogens (tertiary/aromatic N) is 2. The Hall–Kier alpha value is -1.46. The lowest BCUT2D eigenvalue weighted by Crippen LogP contribution is -2.40. The molecule has 1 aromatic carbocycles. The van der Waals surface area contributed by atoms with Gasteiger partial charge in [0.1, 0.15) is 0 Å². The topological polar surface area (TPSA) is 52.7 Å². The lowest BCUT2D eigenvalue weighted by molar-refractivity contribution is -0.114. The molecule has 1 aromatic rings. The molecule has 0 spiro atoms. The number of amides is 2. The van der Waals surface area contributed by atoms with Crippen LogP contribution in [0.3, 0.4) is 0 Å². The molecule has 7 heteroatoms. The van der Waals surface area contributed by atoms with E-state index < -0.39 is 10.7 Å². The Balaban J connectivity index is 1.87. The molecule has 2 aliphatic rings. The van der Waals surface area contributed by atoms with Crippen LogP contribution in [0.15, 0.2) is 18.2 Å². The zero-order valence-corrected chi connectivity index (χ0v) is 18.1. The molecule has 0 aromatic heterocycles. The zero-order valence-electron chi connectivity index (χ0n) is 16.6. The maximum atomic E-state index is 13.3. The zero-order chi connectivity index (χ0) is 20.3. The number of rotatable bonds is 4. The molecule has 2 fully saturated rings. The Kier molecular flexibility index (Phi) is 7.10. The van der Waals surface area contributed by atoms with Crippen LogP contribution in [0.1, 0.15) is 49.9 Å². The molecule has 0 unspecified atom stereocenters. The first kappa shape index (κ1) is 21.3. The first-order valence-electron chi connectivity index (χ1n) is 10.1. The summed E-state index contributed by atoms with van der Waals surface area (Å²) in [6, 6.07) is 5.52. The van der Waals surface area contributed by atoms with Crippen LogP contribution in [0.5, 0.6) is 0 Å². The fraction of sp³-hybridized carbons (Fsp3) is 0.619. The minimum absolute atomic E-state index is 0.0323. The molecule has 0 atom stereocenters. The number of nitrogens with one attached hydrogen (secondary N) is 1. The molecular weight excluding hydrogens is 397 g/mol. The van der Waals surface area contributed by atoms with Crippen LogP contribution in [0.4, 0.5) is 11.4 Å². The second-order valence-corrected chi connectivity index (χ2v) is 9.26. The van der Waals surface area contributed by atoms with Gasteiger partial charge < -0.3 is 15.1 Å². The Morgan fingerprint density at radius 3 is 2.14 bits per heavy atom.